The summed E-state index contributed by atoms with van der Waals surface area (Å²) >= 11 is 0. The minimum Gasteiger partial charge on any atom is -0.271 e. The van der Waals surface area contributed by atoms with Crippen molar-refractivity contribution in [3.8, 4) is 0 Å². The predicted octanol–water partition coefficient (Wildman–Crippen LogP) is 2.71. The largest absolute Gasteiger partial charge is 0.409 e. The Morgan fingerprint density at radius 1 is 1.25 bits per heavy atom. The van der Waals surface area contributed by atoms with Crippen LogP contribution in [0, 0.1) is 0 Å². The Balaban J connectivity index is 2.87. The summed E-state index contributed by atoms with van der Waals surface area (Å²) in [6.07, 6.45) is -2.54. The summed E-state index contributed by atoms with van der Waals surface area (Å²) in [5, 5.41) is 0. The van der Waals surface area contributed by atoms with E-state index in [0.717, 1.165) is 18.4 Å². The molecule has 1 rings (SSSR count). The molecule has 90 valence electrons. The fourth-order valence-electron chi connectivity index (χ4n) is 1.55. The third-order valence-corrected chi connectivity index (χ3v) is 2.35. The Morgan fingerprint density at radius 3 is 2.19 bits per heavy atom. The molecular formula is C11H15F3N2. The third-order valence-electron chi connectivity index (χ3n) is 2.35. The monoisotopic (exact) mass is 232 g/mol. The fourth-order valence-corrected chi connectivity index (χ4v) is 1.55. The number of hydrogen-bond donors (Lipinski definition) is 2. The van der Waals surface area contributed by atoms with Gasteiger partial charge in [-0.25, -0.2) is 5.43 Å². The van der Waals surface area contributed by atoms with E-state index in [4.69, 9.17) is 5.84 Å². The number of nitrogens with two attached hydrogens (primary N) is 1. The lowest BCUT2D eigenvalue weighted by atomic mass is 10.0. The van der Waals surface area contributed by atoms with Crippen LogP contribution < -0.4 is 11.3 Å². The summed E-state index contributed by atoms with van der Waals surface area (Å²) in [4.78, 5) is 0. The van der Waals surface area contributed by atoms with E-state index in [1.807, 2.05) is 6.92 Å². The summed E-state index contributed by atoms with van der Waals surface area (Å²) in [6.45, 7) is 2.02. The maximum Gasteiger partial charge on any atom is 0.409 e. The number of benzene rings is 1. The highest BCUT2D eigenvalue weighted by Crippen LogP contribution is 2.31. The Labute approximate surface area is 92.6 Å². The maximum absolute atomic E-state index is 12.5. The molecule has 0 heterocycles. The molecule has 0 fully saturated rings. The van der Waals surface area contributed by atoms with Gasteiger partial charge < -0.3 is 0 Å². The first-order valence-corrected chi connectivity index (χ1v) is 5.10. The number of aryl methyl sites for hydroxylation is 1. The second kappa shape index (κ2) is 5.32. The fraction of sp³-hybridized carbons (Fsp3) is 0.455. The molecule has 0 aromatic heterocycles. The van der Waals surface area contributed by atoms with Crippen molar-refractivity contribution in [2.45, 2.75) is 32.0 Å². The van der Waals surface area contributed by atoms with E-state index >= 15 is 0 Å². The van der Waals surface area contributed by atoms with Crippen molar-refractivity contribution in [1.82, 2.24) is 5.43 Å². The van der Waals surface area contributed by atoms with E-state index < -0.39 is 12.2 Å². The van der Waals surface area contributed by atoms with Crippen LogP contribution in [0.5, 0.6) is 0 Å². The van der Waals surface area contributed by atoms with Crippen molar-refractivity contribution in [2.75, 3.05) is 0 Å². The van der Waals surface area contributed by atoms with Crippen molar-refractivity contribution in [3.05, 3.63) is 35.4 Å². The Kier molecular flexibility index (Phi) is 4.32. The lowest BCUT2D eigenvalue weighted by Gasteiger charge is -2.19. The van der Waals surface area contributed by atoms with Crippen LogP contribution in [0.4, 0.5) is 13.2 Å². The van der Waals surface area contributed by atoms with Crippen LogP contribution in [0.25, 0.3) is 0 Å². The molecule has 0 aliphatic rings. The van der Waals surface area contributed by atoms with E-state index in [2.05, 4.69) is 0 Å². The predicted molar refractivity (Wildman–Crippen MR) is 56.6 cm³/mol. The summed E-state index contributed by atoms with van der Waals surface area (Å²) in [5.41, 5.74) is 2.95. The van der Waals surface area contributed by atoms with E-state index in [-0.39, 0.29) is 5.56 Å². The van der Waals surface area contributed by atoms with Gasteiger partial charge in [0.1, 0.15) is 6.04 Å². The SMILES string of the molecule is CCCc1ccc([C@H](NN)C(F)(F)F)cc1. The molecule has 0 aliphatic heterocycles. The van der Waals surface area contributed by atoms with Crippen molar-refractivity contribution < 1.29 is 13.2 Å². The smallest absolute Gasteiger partial charge is 0.271 e. The van der Waals surface area contributed by atoms with Gasteiger partial charge in [0.05, 0.1) is 0 Å². The summed E-state index contributed by atoms with van der Waals surface area (Å²) in [6, 6.07) is 4.53. The molecule has 3 N–H and O–H groups in total. The Bertz CT molecular complexity index is 319. The zero-order valence-corrected chi connectivity index (χ0v) is 9.01. The van der Waals surface area contributed by atoms with Gasteiger partial charge in [-0.05, 0) is 17.5 Å². The zero-order chi connectivity index (χ0) is 12.2. The van der Waals surface area contributed by atoms with Crippen LogP contribution in [0.3, 0.4) is 0 Å². The van der Waals surface area contributed by atoms with Crippen molar-refractivity contribution in [1.29, 1.82) is 0 Å². The molecule has 0 bridgehead atoms. The molecule has 0 radical (unpaired) electrons. The number of nitrogens with one attached hydrogen (secondary N) is 1. The van der Waals surface area contributed by atoms with Gasteiger partial charge in [0.25, 0.3) is 0 Å². The van der Waals surface area contributed by atoms with Crippen molar-refractivity contribution in [3.63, 3.8) is 0 Å². The van der Waals surface area contributed by atoms with Gasteiger partial charge in [-0.1, -0.05) is 37.6 Å². The highest BCUT2D eigenvalue weighted by atomic mass is 19.4. The average molecular weight is 232 g/mol. The molecular weight excluding hydrogens is 217 g/mol. The normalized spacial score (nSPS) is 13.8. The highest BCUT2D eigenvalue weighted by molar-refractivity contribution is 5.26. The van der Waals surface area contributed by atoms with Crippen molar-refractivity contribution in [2.24, 2.45) is 5.84 Å². The van der Waals surface area contributed by atoms with Crippen LogP contribution in [-0.2, 0) is 6.42 Å². The number of halogens is 3. The zero-order valence-electron chi connectivity index (χ0n) is 9.01. The number of rotatable bonds is 4. The molecule has 0 unspecified atom stereocenters. The van der Waals surface area contributed by atoms with Gasteiger partial charge in [-0.15, -0.1) is 0 Å². The average Bonchev–Trinajstić information content (AvgIpc) is 2.20. The van der Waals surface area contributed by atoms with Gasteiger partial charge >= 0.3 is 6.18 Å². The van der Waals surface area contributed by atoms with Gasteiger partial charge in [-0.3, -0.25) is 5.84 Å². The number of hydrogen-bond acceptors (Lipinski definition) is 2. The van der Waals surface area contributed by atoms with Crippen LogP contribution in [0.1, 0.15) is 30.5 Å². The molecule has 1 aromatic rings. The summed E-state index contributed by atoms with van der Waals surface area (Å²) in [7, 11) is 0. The first-order valence-electron chi connectivity index (χ1n) is 5.10. The lowest BCUT2D eigenvalue weighted by molar-refractivity contribution is -0.157. The van der Waals surface area contributed by atoms with Crippen LogP contribution in [0.2, 0.25) is 0 Å². The van der Waals surface area contributed by atoms with Gasteiger partial charge in [0.2, 0.25) is 0 Å². The maximum atomic E-state index is 12.5. The Hall–Kier alpha value is -1.07. The van der Waals surface area contributed by atoms with Crippen LogP contribution >= 0.6 is 0 Å². The quantitative estimate of drug-likeness (QED) is 0.618. The number of hydrazine groups is 1. The summed E-state index contributed by atoms with van der Waals surface area (Å²) < 4.78 is 37.5. The molecule has 1 atom stereocenters. The molecule has 0 saturated heterocycles. The standard InChI is InChI=1S/C11H15F3N2/c1-2-3-8-4-6-9(7-5-8)10(16-15)11(12,13)14/h4-7,10,16H,2-3,15H2,1H3/t10-/m0/s1. The molecule has 1 aromatic carbocycles. The van der Waals surface area contributed by atoms with E-state index in [9.17, 15) is 13.2 Å². The first kappa shape index (κ1) is 13.0. The third kappa shape index (κ3) is 3.21. The summed E-state index contributed by atoms with van der Waals surface area (Å²) in [5.74, 6) is 4.92. The minimum absolute atomic E-state index is 0.134. The topological polar surface area (TPSA) is 38.0 Å². The molecule has 0 spiro atoms. The molecule has 0 amide bonds. The second-order valence-corrected chi connectivity index (χ2v) is 3.63. The van der Waals surface area contributed by atoms with Gasteiger partial charge in [-0.2, -0.15) is 13.2 Å². The number of alkyl halides is 3. The molecule has 5 heteroatoms. The second-order valence-electron chi connectivity index (χ2n) is 3.63. The van der Waals surface area contributed by atoms with Gasteiger partial charge in [0.15, 0.2) is 0 Å². The first-order chi connectivity index (χ1) is 7.49. The molecule has 2 nitrogen and oxygen atoms in total. The van der Waals surface area contributed by atoms with Crippen LogP contribution in [0.15, 0.2) is 24.3 Å². The van der Waals surface area contributed by atoms with E-state index in [1.165, 1.54) is 12.1 Å². The molecule has 16 heavy (non-hydrogen) atoms. The van der Waals surface area contributed by atoms with E-state index in [1.54, 1.807) is 17.6 Å². The van der Waals surface area contributed by atoms with Gasteiger partial charge in [0, 0.05) is 0 Å². The molecule has 0 saturated carbocycles. The highest BCUT2D eigenvalue weighted by Gasteiger charge is 2.39. The van der Waals surface area contributed by atoms with Crippen molar-refractivity contribution >= 4 is 0 Å². The molecule has 0 aliphatic carbocycles. The van der Waals surface area contributed by atoms with Crippen LogP contribution in [-0.4, -0.2) is 6.18 Å². The minimum atomic E-state index is -4.37. The van der Waals surface area contributed by atoms with E-state index in [0.29, 0.717) is 0 Å². The Morgan fingerprint density at radius 2 is 1.81 bits per heavy atom. The lowest BCUT2D eigenvalue weighted by Crippen LogP contribution is -2.38.